The third kappa shape index (κ3) is 2.61. The Bertz CT molecular complexity index is 501. The summed E-state index contributed by atoms with van der Waals surface area (Å²) in [4.78, 5) is 4.37. The van der Waals surface area contributed by atoms with Crippen molar-refractivity contribution in [3.05, 3.63) is 18.3 Å². The zero-order valence-corrected chi connectivity index (χ0v) is 13.4. The number of nitrogens with zero attached hydrogens (tertiary/aromatic N) is 1. The fourth-order valence-corrected chi connectivity index (χ4v) is 3.80. The molecule has 116 valence electrons. The predicted octanol–water partition coefficient (Wildman–Crippen LogP) is 3.48. The molecular weight excluding hydrogens is 264 g/mol. The third-order valence-corrected chi connectivity index (χ3v) is 4.76. The maximum absolute atomic E-state index is 5.97. The van der Waals surface area contributed by atoms with Crippen molar-refractivity contribution in [2.24, 2.45) is 11.3 Å². The van der Waals surface area contributed by atoms with Crippen LogP contribution in [0.2, 0.25) is 0 Å². The first kappa shape index (κ1) is 14.6. The average molecular weight is 290 g/mol. The molecule has 1 aliphatic heterocycles. The van der Waals surface area contributed by atoms with Crippen molar-refractivity contribution >= 4 is 5.69 Å². The second-order valence-electron chi connectivity index (χ2n) is 7.06. The van der Waals surface area contributed by atoms with E-state index in [2.05, 4.69) is 30.2 Å². The van der Waals surface area contributed by atoms with Crippen molar-refractivity contribution in [1.82, 2.24) is 4.98 Å². The number of hydrogen-bond donors (Lipinski definition) is 1. The summed E-state index contributed by atoms with van der Waals surface area (Å²) in [6, 6.07) is 4.43. The number of nitrogens with one attached hydrogen (secondary N) is 1. The minimum Gasteiger partial charge on any atom is -0.473 e. The van der Waals surface area contributed by atoms with Crippen LogP contribution in [0.25, 0.3) is 0 Å². The molecule has 21 heavy (non-hydrogen) atoms. The third-order valence-electron chi connectivity index (χ3n) is 4.76. The Morgan fingerprint density at radius 1 is 1.43 bits per heavy atom. The van der Waals surface area contributed by atoms with Gasteiger partial charge in [0.1, 0.15) is 0 Å². The van der Waals surface area contributed by atoms with E-state index in [-0.39, 0.29) is 11.5 Å². The quantitative estimate of drug-likeness (QED) is 0.922. The number of hydrogen-bond acceptors (Lipinski definition) is 4. The molecule has 0 radical (unpaired) electrons. The number of anilines is 1. The molecule has 0 aromatic carbocycles. The molecule has 0 bridgehead atoms. The second-order valence-corrected chi connectivity index (χ2v) is 7.06. The van der Waals surface area contributed by atoms with E-state index in [4.69, 9.17) is 9.47 Å². The highest BCUT2D eigenvalue weighted by Gasteiger charge is 2.58. The normalized spacial score (nSPS) is 30.4. The van der Waals surface area contributed by atoms with Gasteiger partial charge in [-0.2, -0.15) is 0 Å². The van der Waals surface area contributed by atoms with E-state index in [1.807, 2.05) is 19.9 Å². The van der Waals surface area contributed by atoms with Gasteiger partial charge in [-0.25, -0.2) is 4.98 Å². The first-order valence-corrected chi connectivity index (χ1v) is 8.00. The maximum Gasteiger partial charge on any atom is 0.237 e. The minimum atomic E-state index is 0.126. The van der Waals surface area contributed by atoms with E-state index < -0.39 is 0 Å². The molecule has 1 N–H and O–H groups in total. The maximum atomic E-state index is 5.97. The number of aromatic nitrogens is 1. The minimum absolute atomic E-state index is 0.126. The standard InChI is InChI=1S/C17H26N2O2/c1-11(2)21-16-13(8-5-9-18-16)19-14-12-7-6-10-20-15(12)17(14,3)4/h5,8-9,11-12,14-15,19H,6-7,10H2,1-4H3. The summed E-state index contributed by atoms with van der Waals surface area (Å²) in [6.45, 7) is 9.53. The lowest BCUT2D eigenvalue weighted by atomic mass is 9.55. The Kier molecular flexibility index (Phi) is 3.82. The molecule has 0 amide bonds. The summed E-state index contributed by atoms with van der Waals surface area (Å²) in [5.41, 5.74) is 1.14. The van der Waals surface area contributed by atoms with Crippen LogP contribution in [-0.4, -0.2) is 29.8 Å². The highest BCUT2D eigenvalue weighted by molar-refractivity contribution is 5.54. The summed E-state index contributed by atoms with van der Waals surface area (Å²) >= 11 is 0. The predicted molar refractivity (Wildman–Crippen MR) is 83.7 cm³/mol. The van der Waals surface area contributed by atoms with E-state index in [1.54, 1.807) is 6.20 Å². The van der Waals surface area contributed by atoms with Gasteiger partial charge in [0.25, 0.3) is 0 Å². The Balaban J connectivity index is 1.77. The molecule has 3 atom stereocenters. The highest BCUT2D eigenvalue weighted by Crippen LogP contribution is 2.52. The van der Waals surface area contributed by atoms with E-state index in [0.717, 1.165) is 18.7 Å². The largest absolute Gasteiger partial charge is 0.473 e. The monoisotopic (exact) mass is 290 g/mol. The van der Waals surface area contributed by atoms with Crippen molar-refractivity contribution in [2.45, 2.75) is 58.8 Å². The van der Waals surface area contributed by atoms with E-state index in [9.17, 15) is 0 Å². The van der Waals surface area contributed by atoms with Gasteiger partial charge in [0.2, 0.25) is 5.88 Å². The van der Waals surface area contributed by atoms with Gasteiger partial charge in [-0.3, -0.25) is 0 Å². The van der Waals surface area contributed by atoms with Gasteiger partial charge in [0, 0.05) is 30.2 Å². The molecule has 1 aromatic rings. The summed E-state index contributed by atoms with van der Waals surface area (Å²) in [5, 5.41) is 3.67. The molecule has 4 heteroatoms. The number of rotatable bonds is 4. The Hall–Kier alpha value is -1.29. The Morgan fingerprint density at radius 3 is 3.00 bits per heavy atom. The van der Waals surface area contributed by atoms with Crippen LogP contribution in [0.4, 0.5) is 5.69 Å². The van der Waals surface area contributed by atoms with Crippen LogP contribution in [0.3, 0.4) is 0 Å². The van der Waals surface area contributed by atoms with Crippen LogP contribution < -0.4 is 10.1 Å². The van der Waals surface area contributed by atoms with Crippen molar-refractivity contribution in [3.8, 4) is 5.88 Å². The number of ether oxygens (including phenoxy) is 2. The van der Waals surface area contributed by atoms with Crippen molar-refractivity contribution in [2.75, 3.05) is 11.9 Å². The second kappa shape index (κ2) is 5.48. The van der Waals surface area contributed by atoms with Crippen LogP contribution in [0.15, 0.2) is 18.3 Å². The highest BCUT2D eigenvalue weighted by atomic mass is 16.5. The molecule has 1 saturated carbocycles. The molecular formula is C17H26N2O2. The lowest BCUT2D eigenvalue weighted by Gasteiger charge is -2.60. The molecule has 2 fully saturated rings. The molecule has 2 aliphatic rings. The lowest BCUT2D eigenvalue weighted by Crippen LogP contribution is -2.67. The smallest absolute Gasteiger partial charge is 0.237 e. The van der Waals surface area contributed by atoms with Crippen LogP contribution in [-0.2, 0) is 4.74 Å². The SMILES string of the molecule is CC(C)Oc1ncccc1NC1C2CCCOC2C1(C)C. The molecule has 2 heterocycles. The van der Waals surface area contributed by atoms with Crippen molar-refractivity contribution in [1.29, 1.82) is 0 Å². The molecule has 3 rings (SSSR count). The van der Waals surface area contributed by atoms with E-state index >= 15 is 0 Å². The van der Waals surface area contributed by atoms with Gasteiger partial charge in [0.05, 0.1) is 17.9 Å². The van der Waals surface area contributed by atoms with Crippen LogP contribution >= 0.6 is 0 Å². The molecule has 1 aromatic heterocycles. The van der Waals surface area contributed by atoms with Gasteiger partial charge in [-0.15, -0.1) is 0 Å². The fourth-order valence-electron chi connectivity index (χ4n) is 3.80. The van der Waals surface area contributed by atoms with Crippen LogP contribution in [0.5, 0.6) is 5.88 Å². The average Bonchev–Trinajstić information content (AvgIpc) is 2.45. The zero-order valence-electron chi connectivity index (χ0n) is 13.4. The van der Waals surface area contributed by atoms with Crippen molar-refractivity contribution < 1.29 is 9.47 Å². The Labute approximate surface area is 127 Å². The van der Waals surface area contributed by atoms with Crippen LogP contribution in [0.1, 0.15) is 40.5 Å². The van der Waals surface area contributed by atoms with Crippen molar-refractivity contribution in [3.63, 3.8) is 0 Å². The fraction of sp³-hybridized carbons (Fsp3) is 0.706. The Morgan fingerprint density at radius 2 is 2.24 bits per heavy atom. The first-order valence-electron chi connectivity index (χ1n) is 8.00. The summed E-state index contributed by atoms with van der Waals surface area (Å²) in [6.07, 6.45) is 4.70. The summed E-state index contributed by atoms with van der Waals surface area (Å²) in [7, 11) is 0. The van der Waals surface area contributed by atoms with Gasteiger partial charge in [-0.05, 0) is 38.8 Å². The van der Waals surface area contributed by atoms with E-state index in [1.165, 1.54) is 6.42 Å². The summed E-state index contributed by atoms with van der Waals surface area (Å²) < 4.78 is 11.8. The molecule has 1 aliphatic carbocycles. The first-order chi connectivity index (χ1) is 10.00. The zero-order chi connectivity index (χ0) is 15.0. The van der Waals surface area contributed by atoms with E-state index in [0.29, 0.717) is 23.9 Å². The lowest BCUT2D eigenvalue weighted by molar-refractivity contribution is -0.177. The van der Waals surface area contributed by atoms with Gasteiger partial charge >= 0.3 is 0 Å². The summed E-state index contributed by atoms with van der Waals surface area (Å²) in [5.74, 6) is 1.30. The molecule has 0 spiro atoms. The number of fused-ring (bicyclic) bond motifs is 1. The molecule has 3 unspecified atom stereocenters. The van der Waals surface area contributed by atoms with Gasteiger partial charge in [0.15, 0.2) is 0 Å². The number of pyridine rings is 1. The molecule has 4 nitrogen and oxygen atoms in total. The van der Waals surface area contributed by atoms with Crippen LogP contribution in [0, 0.1) is 11.3 Å². The van der Waals surface area contributed by atoms with Gasteiger partial charge < -0.3 is 14.8 Å². The molecule has 1 saturated heterocycles. The van der Waals surface area contributed by atoms with Gasteiger partial charge in [-0.1, -0.05) is 13.8 Å². The topological polar surface area (TPSA) is 43.4 Å².